The van der Waals surface area contributed by atoms with Crippen molar-refractivity contribution in [1.29, 1.82) is 0 Å². The molecule has 0 radical (unpaired) electrons. The zero-order chi connectivity index (χ0) is 24.3. The highest BCUT2D eigenvalue weighted by Crippen LogP contribution is 2.33. The van der Waals surface area contributed by atoms with Gasteiger partial charge in [0.25, 0.3) is 0 Å². The van der Waals surface area contributed by atoms with Crippen LogP contribution in [0.25, 0.3) is 44.6 Å². The fraction of sp³-hybridized carbons (Fsp3) is 0.0769. The summed E-state index contributed by atoms with van der Waals surface area (Å²) < 4.78 is 33.6. The predicted molar refractivity (Wildman–Crippen MR) is 131 cm³/mol. The minimum absolute atomic E-state index is 0.297. The number of rotatable bonds is 4. The van der Waals surface area contributed by atoms with Gasteiger partial charge in [-0.3, -0.25) is 0 Å². The molecule has 35 heavy (non-hydrogen) atoms. The summed E-state index contributed by atoms with van der Waals surface area (Å²) in [7, 11) is 1.84. The number of hydrogen-bond acceptors (Lipinski definition) is 3. The summed E-state index contributed by atoms with van der Waals surface area (Å²) in [6.45, 7) is 0.373. The molecule has 0 fully saturated rings. The summed E-state index contributed by atoms with van der Waals surface area (Å²) in [5, 5.41) is 7.91. The molecule has 6 aromatic rings. The van der Waals surface area contributed by atoms with Gasteiger partial charge in [-0.15, -0.1) is 0 Å². The summed E-state index contributed by atoms with van der Waals surface area (Å²) in [6.07, 6.45) is 3.56. The highest BCUT2D eigenvalue weighted by atomic mass is 19.1. The molecule has 3 N–H and O–H groups in total. The standard InChI is InChI=1S/C26H20F2N6O/c1-32-13-21(19-10-16(27)5-7-22(19)32)25-30-31-26(35)34(25)24-14-33(18-4-2-3-15(9-18)12-29)23-8-6-17(28)11-20(23)24/h2-11,13-14H,12,29H2,1H3,(H,31,35). The summed E-state index contributed by atoms with van der Waals surface area (Å²) in [5.74, 6) is -0.532. The molecule has 3 aromatic heterocycles. The van der Waals surface area contributed by atoms with Crippen molar-refractivity contribution in [3.05, 3.63) is 101 Å². The quantitative estimate of drug-likeness (QED) is 0.400. The highest BCUT2D eigenvalue weighted by molar-refractivity contribution is 5.96. The lowest BCUT2D eigenvalue weighted by Crippen LogP contribution is -2.15. The SMILES string of the molecule is Cn1cc(-c2n[nH]c(=O)n2-c2cn(-c3cccc(CN)c3)c3ccc(F)cc23)c2cc(F)ccc21. The second-order valence-corrected chi connectivity index (χ2v) is 8.42. The van der Waals surface area contributed by atoms with Crippen LogP contribution in [0.4, 0.5) is 8.78 Å². The Kier molecular flexibility index (Phi) is 4.68. The molecule has 0 bridgehead atoms. The summed E-state index contributed by atoms with van der Waals surface area (Å²) in [6, 6.07) is 16.6. The summed E-state index contributed by atoms with van der Waals surface area (Å²) >= 11 is 0. The Morgan fingerprint density at radius 2 is 1.69 bits per heavy atom. The van der Waals surface area contributed by atoms with Crippen molar-refractivity contribution in [3.8, 4) is 22.8 Å². The molecule has 7 nitrogen and oxygen atoms in total. The lowest BCUT2D eigenvalue weighted by atomic mass is 10.1. The molecular formula is C26H20F2N6O. The molecule has 0 amide bonds. The Bertz CT molecular complexity index is 1810. The van der Waals surface area contributed by atoms with Crippen LogP contribution in [-0.4, -0.2) is 23.9 Å². The van der Waals surface area contributed by atoms with Gasteiger partial charge in [0.15, 0.2) is 5.82 Å². The number of fused-ring (bicyclic) bond motifs is 2. The Balaban J connectivity index is 1.65. The van der Waals surface area contributed by atoms with Crippen LogP contribution in [-0.2, 0) is 13.6 Å². The third-order valence-electron chi connectivity index (χ3n) is 6.28. The van der Waals surface area contributed by atoms with E-state index in [4.69, 9.17) is 5.73 Å². The van der Waals surface area contributed by atoms with Crippen LogP contribution in [0.15, 0.2) is 77.9 Å². The number of H-pyrrole nitrogens is 1. The van der Waals surface area contributed by atoms with E-state index < -0.39 is 17.3 Å². The number of halogens is 2. The van der Waals surface area contributed by atoms with E-state index in [1.807, 2.05) is 40.4 Å². The van der Waals surface area contributed by atoms with Crippen LogP contribution in [0.5, 0.6) is 0 Å². The number of nitrogens with zero attached hydrogens (tertiary/aromatic N) is 4. The fourth-order valence-corrected chi connectivity index (χ4v) is 4.65. The normalized spacial score (nSPS) is 11.7. The molecule has 0 atom stereocenters. The van der Waals surface area contributed by atoms with Crippen LogP contribution in [0, 0.1) is 11.6 Å². The van der Waals surface area contributed by atoms with Crippen molar-refractivity contribution in [1.82, 2.24) is 23.9 Å². The molecule has 9 heteroatoms. The minimum atomic E-state index is -0.493. The maximum atomic E-state index is 14.4. The van der Waals surface area contributed by atoms with Crippen molar-refractivity contribution >= 4 is 21.8 Å². The summed E-state index contributed by atoms with van der Waals surface area (Å²) in [5.41, 5.74) is 9.60. The van der Waals surface area contributed by atoms with Gasteiger partial charge in [0.05, 0.1) is 11.2 Å². The zero-order valence-electron chi connectivity index (χ0n) is 18.7. The van der Waals surface area contributed by atoms with Crippen LogP contribution in [0.1, 0.15) is 5.56 Å². The molecule has 0 aliphatic rings. The third-order valence-corrected chi connectivity index (χ3v) is 6.28. The minimum Gasteiger partial charge on any atom is -0.350 e. The third kappa shape index (κ3) is 3.28. The first-order chi connectivity index (χ1) is 16.9. The van der Waals surface area contributed by atoms with E-state index >= 15 is 0 Å². The molecule has 6 rings (SSSR count). The van der Waals surface area contributed by atoms with Crippen LogP contribution in [0.2, 0.25) is 0 Å². The molecule has 0 saturated heterocycles. The Labute approximate surface area is 197 Å². The first-order valence-electron chi connectivity index (χ1n) is 11.0. The van der Waals surface area contributed by atoms with Crippen molar-refractivity contribution < 1.29 is 8.78 Å². The van der Waals surface area contributed by atoms with Crippen molar-refractivity contribution in [2.45, 2.75) is 6.54 Å². The number of benzene rings is 3. The lowest BCUT2D eigenvalue weighted by Gasteiger charge is -2.07. The molecule has 0 saturated carbocycles. The maximum Gasteiger partial charge on any atom is 0.348 e. The maximum absolute atomic E-state index is 14.4. The Morgan fingerprint density at radius 3 is 2.46 bits per heavy atom. The van der Waals surface area contributed by atoms with E-state index in [1.54, 1.807) is 24.5 Å². The van der Waals surface area contributed by atoms with Gasteiger partial charge in [0.2, 0.25) is 0 Å². The Hall–Kier alpha value is -4.50. The van der Waals surface area contributed by atoms with E-state index in [1.165, 1.54) is 28.8 Å². The van der Waals surface area contributed by atoms with E-state index in [0.29, 0.717) is 39.9 Å². The van der Waals surface area contributed by atoms with Gasteiger partial charge >= 0.3 is 5.69 Å². The fourth-order valence-electron chi connectivity index (χ4n) is 4.65. The van der Waals surface area contributed by atoms with Gasteiger partial charge in [-0.1, -0.05) is 12.1 Å². The predicted octanol–water partition coefficient (Wildman–Crippen LogP) is 4.40. The van der Waals surface area contributed by atoms with E-state index in [2.05, 4.69) is 10.2 Å². The number of aryl methyl sites for hydroxylation is 1. The smallest absolute Gasteiger partial charge is 0.348 e. The van der Waals surface area contributed by atoms with Gasteiger partial charge in [-0.25, -0.2) is 23.2 Å². The van der Waals surface area contributed by atoms with Gasteiger partial charge in [-0.2, -0.15) is 5.10 Å². The Morgan fingerprint density at radius 1 is 0.943 bits per heavy atom. The van der Waals surface area contributed by atoms with Gasteiger partial charge in [0.1, 0.15) is 11.6 Å². The average molecular weight is 470 g/mol. The molecular weight excluding hydrogens is 450 g/mol. The van der Waals surface area contributed by atoms with Gasteiger partial charge < -0.3 is 14.9 Å². The molecule has 0 spiro atoms. The number of hydrogen-bond donors (Lipinski definition) is 2. The lowest BCUT2D eigenvalue weighted by molar-refractivity contribution is 0.629. The van der Waals surface area contributed by atoms with Crippen molar-refractivity contribution in [2.24, 2.45) is 12.8 Å². The zero-order valence-corrected chi connectivity index (χ0v) is 18.7. The molecule has 3 aromatic carbocycles. The summed E-state index contributed by atoms with van der Waals surface area (Å²) in [4.78, 5) is 13.0. The number of aromatic nitrogens is 5. The molecule has 0 unspecified atom stereocenters. The largest absolute Gasteiger partial charge is 0.350 e. The number of nitrogens with two attached hydrogens (primary N) is 1. The van der Waals surface area contributed by atoms with E-state index in [9.17, 15) is 13.6 Å². The molecule has 0 aliphatic heterocycles. The van der Waals surface area contributed by atoms with E-state index in [0.717, 1.165) is 16.8 Å². The average Bonchev–Trinajstić information content (AvgIpc) is 3.51. The molecule has 0 aliphatic carbocycles. The van der Waals surface area contributed by atoms with Crippen molar-refractivity contribution in [2.75, 3.05) is 0 Å². The molecule has 174 valence electrons. The first kappa shape index (κ1) is 21.1. The second kappa shape index (κ2) is 7.78. The van der Waals surface area contributed by atoms with Gasteiger partial charge in [-0.05, 0) is 54.1 Å². The number of nitrogens with one attached hydrogen (secondary N) is 1. The highest BCUT2D eigenvalue weighted by Gasteiger charge is 2.22. The topological polar surface area (TPSA) is 86.6 Å². The van der Waals surface area contributed by atoms with Crippen LogP contribution in [0.3, 0.4) is 0 Å². The van der Waals surface area contributed by atoms with Crippen LogP contribution < -0.4 is 11.4 Å². The molecule has 3 heterocycles. The monoisotopic (exact) mass is 470 g/mol. The van der Waals surface area contributed by atoms with E-state index in [-0.39, 0.29) is 0 Å². The second-order valence-electron chi connectivity index (χ2n) is 8.42. The number of aromatic amines is 1. The van der Waals surface area contributed by atoms with Gasteiger partial charge in [0, 0.05) is 53.5 Å². The first-order valence-corrected chi connectivity index (χ1v) is 11.0. The van der Waals surface area contributed by atoms with Crippen molar-refractivity contribution in [3.63, 3.8) is 0 Å². The van der Waals surface area contributed by atoms with Crippen LogP contribution >= 0.6 is 0 Å².